The van der Waals surface area contributed by atoms with E-state index in [9.17, 15) is 39.9 Å². The largest absolute Gasteiger partial charge is 0.508 e. The van der Waals surface area contributed by atoms with Crippen LogP contribution in [0.1, 0.15) is 23.7 Å². The molecule has 5 atom stereocenters. The number of aromatic hydroxyl groups is 1. The molecule has 1 fully saturated rings. The number of aliphatic hydroxyl groups excluding tert-OH is 3. The molecule has 1 amide bonds. The fourth-order valence-electron chi connectivity index (χ4n) is 6.15. The van der Waals surface area contributed by atoms with Crippen molar-refractivity contribution in [2.24, 2.45) is 17.6 Å². The van der Waals surface area contributed by atoms with Crippen molar-refractivity contribution in [3.8, 4) is 16.9 Å². The molecule has 10 heteroatoms. The van der Waals surface area contributed by atoms with Crippen LogP contribution in [0.4, 0.5) is 0 Å². The van der Waals surface area contributed by atoms with Gasteiger partial charge in [-0.05, 0) is 37.7 Å². The van der Waals surface area contributed by atoms with E-state index in [1.807, 2.05) is 6.07 Å². The third-order valence-electron chi connectivity index (χ3n) is 7.78. The number of benzene rings is 2. The molecule has 0 spiro atoms. The molecule has 2 aromatic carbocycles. The lowest BCUT2D eigenvalue weighted by Crippen LogP contribution is -2.66. The molecule has 0 unspecified atom stereocenters. The fraction of sp³-hybridized carbons (Fsp3) is 0.296. The minimum atomic E-state index is -2.77. The zero-order valence-electron chi connectivity index (χ0n) is 20.0. The van der Waals surface area contributed by atoms with Crippen molar-refractivity contribution in [3.05, 3.63) is 70.5 Å². The van der Waals surface area contributed by atoms with Gasteiger partial charge in [-0.1, -0.05) is 36.4 Å². The summed E-state index contributed by atoms with van der Waals surface area (Å²) in [5, 5.41) is 56.1. The van der Waals surface area contributed by atoms with Crippen LogP contribution in [0.5, 0.6) is 5.75 Å². The predicted octanol–water partition coefficient (Wildman–Crippen LogP) is 1.12. The highest BCUT2D eigenvalue weighted by Crippen LogP contribution is 2.56. The van der Waals surface area contributed by atoms with Gasteiger partial charge in [0.05, 0.1) is 17.7 Å². The summed E-state index contributed by atoms with van der Waals surface area (Å²) in [5.41, 5.74) is 2.47. The number of amides is 1. The molecule has 3 aliphatic rings. The molecular weight excluding hydrogens is 480 g/mol. The summed E-state index contributed by atoms with van der Waals surface area (Å²) in [6, 6.07) is 10.6. The van der Waals surface area contributed by atoms with Gasteiger partial charge in [0.2, 0.25) is 5.78 Å². The minimum absolute atomic E-state index is 0.176. The molecule has 7 N–H and O–H groups in total. The summed E-state index contributed by atoms with van der Waals surface area (Å²) in [4.78, 5) is 40.5. The number of carbonyl (C=O) groups is 3. The molecule has 0 bridgehead atoms. The second kappa shape index (κ2) is 8.27. The molecule has 0 aromatic heterocycles. The first-order valence-corrected chi connectivity index (χ1v) is 11.7. The number of nitrogens with zero attached hydrogens (tertiary/aromatic N) is 1. The van der Waals surface area contributed by atoms with Crippen molar-refractivity contribution in [3.63, 3.8) is 0 Å². The Kier molecular flexibility index (Phi) is 5.52. The molecule has 5 rings (SSSR count). The smallest absolute Gasteiger partial charge is 0.255 e. The quantitative estimate of drug-likeness (QED) is 0.332. The highest BCUT2D eigenvalue weighted by atomic mass is 16.3. The van der Waals surface area contributed by atoms with Crippen LogP contribution < -0.4 is 5.73 Å². The first kappa shape index (κ1) is 24.7. The molecule has 192 valence electrons. The normalized spacial score (nSPS) is 29.2. The van der Waals surface area contributed by atoms with E-state index in [1.165, 1.54) is 25.1 Å². The molecular formula is C27H26N2O8. The maximum Gasteiger partial charge on any atom is 0.255 e. The Balaban J connectivity index is 1.79. The van der Waals surface area contributed by atoms with Crippen molar-refractivity contribution in [2.75, 3.05) is 14.1 Å². The molecule has 0 radical (unpaired) electrons. The Hall–Kier alpha value is -3.99. The van der Waals surface area contributed by atoms with Crippen LogP contribution >= 0.6 is 0 Å². The lowest BCUT2D eigenvalue weighted by molar-refractivity contribution is -0.155. The van der Waals surface area contributed by atoms with Crippen molar-refractivity contribution in [1.82, 2.24) is 4.90 Å². The summed E-state index contributed by atoms with van der Waals surface area (Å²) in [6.07, 6.45) is -1.63. The number of phenolic OH excluding ortho intramolecular Hbond substituents is 1. The first-order valence-electron chi connectivity index (χ1n) is 11.7. The Morgan fingerprint density at radius 3 is 2.30 bits per heavy atom. The van der Waals surface area contributed by atoms with Gasteiger partial charge in [0.1, 0.15) is 22.8 Å². The monoisotopic (exact) mass is 506 g/mol. The molecule has 2 aromatic rings. The number of primary amides is 1. The van der Waals surface area contributed by atoms with E-state index in [2.05, 4.69) is 0 Å². The van der Waals surface area contributed by atoms with Gasteiger partial charge in [-0.2, -0.15) is 0 Å². The molecule has 1 saturated carbocycles. The number of ketones is 2. The van der Waals surface area contributed by atoms with E-state index in [0.717, 1.165) is 0 Å². The van der Waals surface area contributed by atoms with Gasteiger partial charge in [0.25, 0.3) is 5.91 Å². The van der Waals surface area contributed by atoms with Crippen LogP contribution in [0.15, 0.2) is 59.4 Å². The van der Waals surface area contributed by atoms with Crippen molar-refractivity contribution in [2.45, 2.75) is 24.2 Å². The van der Waals surface area contributed by atoms with Crippen molar-refractivity contribution in [1.29, 1.82) is 0 Å². The Morgan fingerprint density at radius 1 is 1.05 bits per heavy atom. The number of hydrogen-bond donors (Lipinski definition) is 6. The Labute approximate surface area is 211 Å². The van der Waals surface area contributed by atoms with Gasteiger partial charge in [-0.25, -0.2) is 0 Å². The van der Waals surface area contributed by atoms with Crippen molar-refractivity contribution >= 4 is 23.2 Å². The van der Waals surface area contributed by atoms with E-state index in [4.69, 9.17) is 5.73 Å². The van der Waals surface area contributed by atoms with Crippen molar-refractivity contribution < 1.29 is 39.9 Å². The number of rotatable bonds is 3. The average molecular weight is 507 g/mol. The minimum Gasteiger partial charge on any atom is -0.508 e. The van der Waals surface area contributed by atoms with E-state index >= 15 is 0 Å². The number of phenols is 1. The number of aliphatic hydroxyl groups is 4. The molecule has 0 aliphatic heterocycles. The van der Waals surface area contributed by atoms with Crippen LogP contribution in [0.2, 0.25) is 0 Å². The van der Waals surface area contributed by atoms with Gasteiger partial charge in [-0.15, -0.1) is 0 Å². The van der Waals surface area contributed by atoms with Crippen LogP contribution in [0.3, 0.4) is 0 Å². The molecule has 0 heterocycles. The van der Waals surface area contributed by atoms with Gasteiger partial charge in [0, 0.05) is 23.0 Å². The number of hydrogen-bond acceptors (Lipinski definition) is 9. The maximum atomic E-state index is 13.9. The third kappa shape index (κ3) is 3.19. The van der Waals surface area contributed by atoms with Gasteiger partial charge < -0.3 is 31.3 Å². The summed E-state index contributed by atoms with van der Waals surface area (Å²) in [6.45, 7) is 0. The molecule has 0 saturated heterocycles. The van der Waals surface area contributed by atoms with Gasteiger partial charge in [0.15, 0.2) is 11.4 Å². The van der Waals surface area contributed by atoms with Crippen LogP contribution in [0.25, 0.3) is 16.9 Å². The topological polar surface area (TPSA) is 182 Å². The zero-order valence-corrected chi connectivity index (χ0v) is 20.0. The zero-order chi connectivity index (χ0) is 27.0. The number of nitrogens with two attached hydrogens (primary N) is 1. The summed E-state index contributed by atoms with van der Waals surface area (Å²) < 4.78 is 0. The summed E-state index contributed by atoms with van der Waals surface area (Å²) in [7, 11) is 3.02. The highest BCUT2D eigenvalue weighted by molar-refractivity contribution is 6.24. The fourth-order valence-corrected chi connectivity index (χ4v) is 6.15. The van der Waals surface area contributed by atoms with E-state index in [-0.39, 0.29) is 17.5 Å². The van der Waals surface area contributed by atoms with Crippen LogP contribution in [0, 0.1) is 11.8 Å². The van der Waals surface area contributed by atoms with Gasteiger partial charge in [-0.3, -0.25) is 19.3 Å². The SMILES string of the molecule is CN(C)[C@H]1C(=O)C(C(N)=O)=C(O)[C@]2(O)C(=O)C3=C(O)c4c(O)ccc(-c5ccccc5)c4[C@@H](O)[C@@H]3C[C@H]12. The lowest BCUT2D eigenvalue weighted by Gasteiger charge is -2.51. The van der Waals surface area contributed by atoms with E-state index < -0.39 is 75.5 Å². The number of likely N-dealkylation sites (N-methyl/N-ethyl adjacent to an activating group) is 1. The number of carbonyl (C=O) groups excluding carboxylic acids is 3. The van der Waals surface area contributed by atoms with Crippen LogP contribution in [-0.4, -0.2) is 73.6 Å². The summed E-state index contributed by atoms with van der Waals surface area (Å²) in [5.74, 6) is -7.97. The first-order chi connectivity index (χ1) is 17.4. The second-order valence-electron chi connectivity index (χ2n) is 9.90. The number of Topliss-reactive ketones (excluding diaryl/α,β-unsaturated/α-hetero) is 2. The average Bonchev–Trinajstić information content (AvgIpc) is 2.84. The number of fused-ring (bicyclic) bond motifs is 3. The maximum absolute atomic E-state index is 13.9. The Morgan fingerprint density at radius 2 is 1.70 bits per heavy atom. The van der Waals surface area contributed by atoms with E-state index in [0.29, 0.717) is 11.1 Å². The molecule has 37 heavy (non-hydrogen) atoms. The molecule has 10 nitrogen and oxygen atoms in total. The lowest BCUT2D eigenvalue weighted by atomic mass is 9.56. The van der Waals surface area contributed by atoms with Crippen LogP contribution in [-0.2, 0) is 14.4 Å². The second-order valence-corrected chi connectivity index (χ2v) is 9.90. The molecule has 3 aliphatic carbocycles. The highest BCUT2D eigenvalue weighted by Gasteiger charge is 2.65. The van der Waals surface area contributed by atoms with E-state index in [1.54, 1.807) is 30.3 Å². The standard InChI is InChI=1S/C27H26N2O8/c1-29(2)20-14-10-13-17(24(34)27(14,37)25(35)19(23(20)33)26(28)36)22(32)18-15(30)9-8-12(16(18)21(13)31)11-6-4-3-5-7-11/h3-9,13-14,20-21,30-32,35,37H,10H2,1-2H3,(H2,28,36)/t13-,14-,20-,21+,27-/m1/s1. The predicted molar refractivity (Wildman–Crippen MR) is 131 cm³/mol. The van der Waals surface area contributed by atoms with Gasteiger partial charge >= 0.3 is 0 Å². The Bertz CT molecular complexity index is 1430. The summed E-state index contributed by atoms with van der Waals surface area (Å²) >= 11 is 0. The third-order valence-corrected chi connectivity index (χ3v) is 7.78.